The standard InChI is InChI=1S/C102H137N13O16/c1-16-104-98(126)91-113-112-90(77-55-76(64(10)11)86(116)56-87(77)117)115(91)75-37-35-73(36-38-75)99(127)114-43-41-70(42-44-114)57-129-100(128)111-79(93(121)108-83(48-63(8)9)95(123)109-84(53-68-27-21-18-22-28-68)96(124)105-80(45-60(2)3)88(118)101(14)58-130-101)40-34-69-29-23-30-71(51-69)50-65(12)49-66(13)74-32-24-31-72(52-74)54-85(97(125)106-81(46-61(4)5)89(119)102(15)59-131-102)110-94(122)82(47-62(6)7)107-92(120)78(103)39-33-67-25-19-17-20-26-67/h17-32,35-38,51-52,55-56,60-66,70,78-85,116-117H,16,33-34,39-50,53-54,57-59,103H2,1-15H3,(H,104,126)(H,105,124)(H,106,125)(H,107,120)(H,108,121)(H,109,123)(H,110,122)(H,111,128). The van der Waals surface area contributed by atoms with Crippen molar-refractivity contribution in [2.45, 2.75) is 265 Å². The number of piperidine rings is 1. The summed E-state index contributed by atoms with van der Waals surface area (Å²) in [6.45, 7) is 30.1. The number of carbonyl (C=O) groups is 11. The van der Waals surface area contributed by atoms with E-state index in [0.29, 0.717) is 87.8 Å². The van der Waals surface area contributed by atoms with Crippen LogP contribution in [0.2, 0.25) is 0 Å². The molecular formula is C102H137N13O16. The molecule has 3 aliphatic heterocycles. The molecule has 12 N–H and O–H groups in total. The Bertz CT molecular complexity index is 5080. The Morgan fingerprint density at radius 1 is 0.489 bits per heavy atom. The summed E-state index contributed by atoms with van der Waals surface area (Å²) in [6.07, 6.45) is 3.92. The summed E-state index contributed by atoms with van der Waals surface area (Å²) in [7, 11) is 0. The molecule has 0 aliphatic carbocycles. The van der Waals surface area contributed by atoms with Crippen LogP contribution in [0, 0.1) is 35.5 Å². The Hall–Kier alpha value is -11.7. The molecule has 12 unspecified atom stereocenters. The van der Waals surface area contributed by atoms with E-state index in [1.807, 2.05) is 172 Å². The summed E-state index contributed by atoms with van der Waals surface area (Å²) < 4.78 is 18.5. The van der Waals surface area contributed by atoms with Gasteiger partial charge in [0.2, 0.25) is 41.3 Å². The number of hydrogen-bond acceptors (Lipinski definition) is 19. The minimum atomic E-state index is -1.26. The van der Waals surface area contributed by atoms with Crippen molar-refractivity contribution in [1.29, 1.82) is 0 Å². The van der Waals surface area contributed by atoms with Gasteiger partial charge in [-0.2, -0.15) is 0 Å². The summed E-state index contributed by atoms with van der Waals surface area (Å²) in [5.41, 5.74) is 11.4. The number of likely N-dealkylation sites (tertiary alicyclic amines) is 1. The highest BCUT2D eigenvalue weighted by molar-refractivity contribution is 6.01. The third kappa shape index (κ3) is 29.4. The Labute approximate surface area is 770 Å². The number of Topliss-reactive ketones (excluding diaryl/α,β-unsaturated/α-hetero) is 2. The molecule has 4 heterocycles. The van der Waals surface area contributed by atoms with Crippen LogP contribution in [-0.4, -0.2) is 194 Å². The highest BCUT2D eigenvalue weighted by Crippen LogP contribution is 2.39. The number of nitrogens with two attached hydrogens (primary N) is 1. The molecule has 29 nitrogen and oxygen atoms in total. The highest BCUT2D eigenvalue weighted by Gasteiger charge is 2.52. The number of hydrogen-bond donors (Lipinski definition) is 11. The van der Waals surface area contributed by atoms with Crippen molar-refractivity contribution in [2.24, 2.45) is 41.2 Å². The monoisotopic (exact) mass is 1800 g/mol. The number of aromatic hydroxyl groups is 2. The number of alkyl carbamates (subject to hydrolysis) is 1. The van der Waals surface area contributed by atoms with Crippen molar-refractivity contribution in [1.82, 2.24) is 62.2 Å². The molecule has 0 bridgehead atoms. The van der Waals surface area contributed by atoms with Gasteiger partial charge in [0.05, 0.1) is 43.5 Å². The van der Waals surface area contributed by atoms with Crippen LogP contribution in [0.4, 0.5) is 4.79 Å². The van der Waals surface area contributed by atoms with Gasteiger partial charge in [-0.1, -0.05) is 192 Å². The average Bonchev–Trinajstić information content (AvgIpc) is 1.64. The number of nitrogens with one attached hydrogen (secondary N) is 8. The molecule has 10 rings (SSSR count). The Morgan fingerprint density at radius 2 is 0.954 bits per heavy atom. The number of phenols is 2. The second-order valence-corrected chi connectivity index (χ2v) is 38.4. The van der Waals surface area contributed by atoms with Crippen molar-refractivity contribution in [3.05, 3.63) is 196 Å². The maximum Gasteiger partial charge on any atom is 0.407 e. The van der Waals surface area contributed by atoms with Crippen molar-refractivity contribution in [3.8, 4) is 28.6 Å². The lowest BCUT2D eigenvalue weighted by Gasteiger charge is -2.32. The van der Waals surface area contributed by atoms with E-state index >= 15 is 4.79 Å². The van der Waals surface area contributed by atoms with Crippen LogP contribution in [0.5, 0.6) is 11.5 Å². The van der Waals surface area contributed by atoms with Crippen LogP contribution in [0.15, 0.2) is 146 Å². The second kappa shape index (κ2) is 46.9. The molecule has 3 saturated heterocycles. The first kappa shape index (κ1) is 101. The van der Waals surface area contributed by atoms with E-state index in [1.54, 1.807) is 56.0 Å². The third-order valence-electron chi connectivity index (χ3n) is 24.6. The van der Waals surface area contributed by atoms with Crippen molar-refractivity contribution in [3.63, 3.8) is 0 Å². The zero-order chi connectivity index (χ0) is 95.1. The number of phenolic OH excluding ortho intramolecular Hbond substituents is 2. The van der Waals surface area contributed by atoms with Crippen LogP contribution in [0.1, 0.15) is 233 Å². The van der Waals surface area contributed by atoms with Gasteiger partial charge in [-0.05, 0) is 214 Å². The van der Waals surface area contributed by atoms with Gasteiger partial charge in [-0.15, -0.1) is 10.2 Å². The molecule has 6 aromatic carbocycles. The lowest BCUT2D eigenvalue weighted by atomic mass is 9.86. The molecule has 3 fully saturated rings. The number of aryl methyl sites for hydroxylation is 2. The zero-order valence-electron chi connectivity index (χ0n) is 78.7. The molecule has 29 heteroatoms. The van der Waals surface area contributed by atoms with Gasteiger partial charge in [-0.3, -0.25) is 52.5 Å². The van der Waals surface area contributed by atoms with Crippen molar-refractivity contribution >= 4 is 64.9 Å². The smallest absolute Gasteiger partial charge is 0.407 e. The molecule has 131 heavy (non-hydrogen) atoms. The zero-order valence-corrected chi connectivity index (χ0v) is 78.7. The Morgan fingerprint density at radius 3 is 1.49 bits per heavy atom. The highest BCUT2D eigenvalue weighted by atomic mass is 16.6. The number of epoxide rings is 2. The number of aromatic nitrogens is 3. The van der Waals surface area contributed by atoms with Crippen LogP contribution < -0.4 is 48.3 Å². The number of amides is 9. The quantitative estimate of drug-likeness (QED) is 0.0158. The molecule has 7 aromatic rings. The Balaban J connectivity index is 0.826. The molecule has 3 aliphatic rings. The van der Waals surface area contributed by atoms with Gasteiger partial charge in [0.25, 0.3) is 11.8 Å². The first-order chi connectivity index (χ1) is 62.3. The number of benzene rings is 6. The number of carbonyl (C=O) groups excluding carboxylic acids is 11. The first-order valence-electron chi connectivity index (χ1n) is 46.6. The molecule has 0 spiro atoms. The van der Waals surface area contributed by atoms with Crippen LogP contribution in [-0.2, 0) is 84.7 Å². The summed E-state index contributed by atoms with van der Waals surface area (Å²) in [5, 5.41) is 53.6. The summed E-state index contributed by atoms with van der Waals surface area (Å²) in [4.78, 5) is 159. The number of rotatable bonds is 48. The molecule has 1 aromatic heterocycles. The Kier molecular flexibility index (Phi) is 36.3. The number of ether oxygens (including phenoxy) is 3. The molecule has 706 valence electrons. The number of ketones is 2. The molecule has 0 saturated carbocycles. The predicted molar refractivity (Wildman–Crippen MR) is 501 cm³/mol. The van der Waals surface area contributed by atoms with Crippen LogP contribution in [0.3, 0.4) is 0 Å². The minimum Gasteiger partial charge on any atom is -0.508 e. The molecule has 9 amide bonds. The fourth-order valence-corrected chi connectivity index (χ4v) is 17.0. The normalized spacial score (nSPS) is 17.8. The maximum atomic E-state index is 15.2. The SMILES string of the molecule is CCNC(=O)c1nnc(-c2cc(C(C)C)c(O)cc2O)n1-c1ccc(C(=O)N2CCC(COC(=O)NC(CCc3cccc(CC(C)CC(C)c4cccc(CC(NC(=O)C(CC(C)C)NC(=O)C(N)CCc5ccccc5)C(=O)NC(CC(C)C)C(=O)C5(C)CO5)c4)c3)C(=O)NC(CC(C)C)C(=O)NC(Cc3ccccc3)C(=O)NC(CC(C)C)C(=O)C3(C)CO3)CC2)cc1. The topological polar surface area (TPSA) is 419 Å². The average molecular weight is 1800 g/mol. The minimum absolute atomic E-state index is 0.00651. The lowest BCUT2D eigenvalue weighted by molar-refractivity contribution is -0.134. The van der Waals surface area contributed by atoms with Gasteiger partial charge >= 0.3 is 6.09 Å². The molecule has 0 radical (unpaired) electrons. The maximum absolute atomic E-state index is 15.2. The van der Waals surface area contributed by atoms with Crippen molar-refractivity contribution < 1.29 is 77.2 Å². The largest absolute Gasteiger partial charge is 0.508 e. The summed E-state index contributed by atoms with van der Waals surface area (Å²) in [5.74, 6) is -5.41. The van der Waals surface area contributed by atoms with Crippen LogP contribution in [0.25, 0.3) is 17.1 Å². The van der Waals surface area contributed by atoms with Gasteiger partial charge < -0.3 is 77.6 Å². The van der Waals surface area contributed by atoms with Crippen molar-refractivity contribution in [2.75, 3.05) is 39.5 Å². The van der Waals surface area contributed by atoms with Gasteiger partial charge in [0, 0.05) is 49.8 Å². The van der Waals surface area contributed by atoms with E-state index in [4.69, 9.17) is 19.9 Å². The van der Waals surface area contributed by atoms with E-state index < -0.39 is 107 Å². The van der Waals surface area contributed by atoms with Crippen LogP contribution >= 0.6 is 0 Å². The summed E-state index contributed by atoms with van der Waals surface area (Å²) in [6, 6.07) is 35.6. The lowest BCUT2D eigenvalue weighted by Crippen LogP contribution is -2.59. The van der Waals surface area contributed by atoms with E-state index in [-0.39, 0.29) is 145 Å². The summed E-state index contributed by atoms with van der Waals surface area (Å²) >= 11 is 0. The van der Waals surface area contributed by atoms with E-state index in [9.17, 15) is 58.2 Å². The predicted octanol–water partition coefficient (Wildman–Crippen LogP) is 11.7. The number of nitrogens with zero attached hydrogens (tertiary/aromatic N) is 4. The van der Waals surface area contributed by atoms with E-state index in [1.165, 1.54) is 10.6 Å². The van der Waals surface area contributed by atoms with Gasteiger partial charge in [-0.25, -0.2) is 4.79 Å². The fourth-order valence-electron chi connectivity index (χ4n) is 17.0. The van der Waals surface area contributed by atoms with E-state index in [2.05, 4.69) is 72.6 Å². The molecule has 12 atom stereocenters. The second-order valence-electron chi connectivity index (χ2n) is 38.4. The van der Waals surface area contributed by atoms with E-state index in [0.717, 1.165) is 39.8 Å². The fraction of sp³-hybridized carbons (Fsp3) is 0.520. The first-order valence-corrected chi connectivity index (χ1v) is 46.6. The molecular weight excluding hydrogens is 1660 g/mol. The van der Waals surface area contributed by atoms with Gasteiger partial charge in [0.15, 0.2) is 17.4 Å². The van der Waals surface area contributed by atoms with Gasteiger partial charge in [0.1, 0.15) is 52.9 Å². The third-order valence-corrected chi connectivity index (χ3v) is 24.6.